The zero-order valence-corrected chi connectivity index (χ0v) is 146. The average Bonchev–Trinajstić information content (AvgIpc) is 0.796. The third-order valence-electron chi connectivity index (χ3n) is 13.6. The van der Waals surface area contributed by atoms with Crippen LogP contribution in [-0.4, -0.2) is 169 Å². The number of aliphatic hydroxyl groups is 1. The number of Topliss-reactive ketones (excluding diaryl/α,β-unsaturated/α-hetero) is 1. The van der Waals surface area contributed by atoms with Crippen molar-refractivity contribution in [2.24, 2.45) is 17.3 Å². The molecule has 3 N–H and O–H groups in total. The van der Waals surface area contributed by atoms with Gasteiger partial charge in [-0.2, -0.15) is 78.9 Å². The average molecular weight is 3330 g/mol. The van der Waals surface area contributed by atoms with Crippen LogP contribution in [0.15, 0.2) is 29.1 Å². The number of aryl methyl sites for hydroxylation is 4. The maximum Gasteiger partial charge on any atom is 0.308 e. The van der Waals surface area contributed by atoms with Gasteiger partial charge in [0.25, 0.3) is 11.9 Å². The molecule has 3 unspecified atom stereocenters. The van der Waals surface area contributed by atoms with Crippen LogP contribution < -0.4 is 5.69 Å². The van der Waals surface area contributed by atoms with Crippen LogP contribution in [0.25, 0.3) is 0 Å². The Kier molecular flexibility index (Phi) is 436. The summed E-state index contributed by atoms with van der Waals surface area (Å²) < 4.78 is 41.7. The van der Waals surface area contributed by atoms with E-state index >= 15 is 0 Å². The number of hydrogen-bond donors (Lipinski definition) is 3. The molecule has 848 valence electrons. The first-order valence-corrected chi connectivity index (χ1v) is 40.1. The zero-order valence-electron chi connectivity index (χ0n) is 99.3. The summed E-state index contributed by atoms with van der Waals surface area (Å²) in [5.41, 5.74) is 2.24. The summed E-state index contributed by atoms with van der Waals surface area (Å²) in [4.78, 5) is 113. The predicted octanol–water partition coefficient (Wildman–Crippen LogP) is 24.0. The molecule has 1 spiro atoms. The second-order valence-corrected chi connectivity index (χ2v) is 25.3. The third kappa shape index (κ3) is 233. The van der Waals surface area contributed by atoms with E-state index in [1.807, 2.05) is 47.1 Å². The van der Waals surface area contributed by atoms with E-state index in [1.54, 1.807) is 55.4 Å². The molecule has 3 atom stereocenters. The molecule has 2 fully saturated rings. The number of H-pyrrole nitrogens is 1. The molecular weight excluding hydrogens is 3140 g/mol. The molecule has 16 radical (unpaired) electrons. The quantitative estimate of drug-likeness (QED) is 0.0113. The molecule has 0 aliphatic carbocycles. The summed E-state index contributed by atoms with van der Waals surface area (Å²) in [7, 11) is 0. The molecule has 45 heteroatoms. The van der Waals surface area contributed by atoms with Crippen LogP contribution in [0.4, 0.5) is 0 Å². The molecule has 6 rings (SSSR count). The number of aromatic nitrogens is 9. The number of ether oxygens (including phenoxy) is 8. The predicted molar refractivity (Wildman–Crippen MR) is 564 cm³/mol. The van der Waals surface area contributed by atoms with Crippen LogP contribution >= 0.6 is 23.8 Å². The van der Waals surface area contributed by atoms with E-state index in [2.05, 4.69) is 213 Å². The van der Waals surface area contributed by atoms with Crippen LogP contribution in [0, 0.1) is 241 Å². The second kappa shape index (κ2) is 226. The van der Waals surface area contributed by atoms with Crippen LogP contribution in [0.3, 0.4) is 0 Å². The van der Waals surface area contributed by atoms with Gasteiger partial charge in [-0.1, -0.05) is 197 Å². The molecule has 27 nitrogen and oxygen atoms in total. The van der Waals surface area contributed by atoms with E-state index in [9.17, 15) is 33.6 Å². The van der Waals surface area contributed by atoms with E-state index in [0.717, 1.165) is 76.9 Å². The maximum atomic E-state index is 11.2. The first-order valence-electron chi connectivity index (χ1n) is 39.4. The largest absolute Gasteiger partial charge is 0.542 e. The molecule has 2 aliphatic heterocycles. The van der Waals surface area contributed by atoms with Gasteiger partial charge in [0, 0.05) is 568 Å². The Morgan fingerprint density at radius 3 is 1.18 bits per heavy atom. The summed E-state index contributed by atoms with van der Waals surface area (Å²) in [6, 6.07) is 8.73. The first kappa shape index (κ1) is 285. The van der Waals surface area contributed by atoms with Gasteiger partial charge >= 0.3 is 11.9 Å². The molecule has 2 aliphatic rings. The molecule has 3 aromatic heterocycles. The van der Waals surface area contributed by atoms with Crippen molar-refractivity contribution in [2.75, 3.05) is 52.9 Å². The van der Waals surface area contributed by atoms with Gasteiger partial charge in [0.15, 0.2) is 5.79 Å². The van der Waals surface area contributed by atoms with E-state index < -0.39 is 17.4 Å². The Labute approximate surface area is 1330 Å². The van der Waals surface area contributed by atoms with Gasteiger partial charge in [-0.25, -0.2) is 0 Å². The summed E-state index contributed by atoms with van der Waals surface area (Å²) >= 11 is 9.50. The van der Waals surface area contributed by atoms with Crippen LogP contribution in [-0.2, 0) is 608 Å². The van der Waals surface area contributed by atoms with Gasteiger partial charge < -0.3 is 303 Å². The molecule has 148 heavy (non-hydrogen) atoms. The third-order valence-corrected chi connectivity index (χ3v) is 13.8. The van der Waals surface area contributed by atoms with E-state index in [4.69, 9.17) is 60.1 Å². The summed E-state index contributed by atoms with van der Waals surface area (Å²) in [5.74, 6) is -0.176. The maximum absolute atomic E-state index is 11.2. The minimum absolute atomic E-state index is 0. The molecule has 1 aromatic carbocycles. The number of hydrogen-bond acceptors (Lipinski definition) is 27. The number of carbonyl (C=O) groups excluding carboxylic acids is 7. The number of halogens is 1. The van der Waals surface area contributed by atoms with Crippen molar-refractivity contribution in [3.63, 3.8) is 0 Å². The molecular formula is C103H191ClN10O17SY16-32. The molecule has 4 aromatic rings. The Balaban J connectivity index is -0.0000000214. The van der Waals surface area contributed by atoms with E-state index in [0.29, 0.717) is 63.2 Å². The number of rotatable bonds is 29. The topological polar surface area (TPSA) is 373 Å². The number of esters is 4. The SMILES string of the molecule is CC(=O)CCCCCC[C-]=O.CC[C-]1OCC2(CO1)COC(C)(CC)OC2.CC[CH-]CC.C[C-]=N.C[C-]=O.C[C-]=S.C[CH-]CC.Cc1n[c-]n[c-]n1.Cc1n[c-]nc(=O)[nH]1.Cc1n[c-]nc(Cl)n1.[CH2-]C(C)C(=O)OCCOC(=O)C(C)CC.[CH2-]C(O)CC.[CH2-]CC(=O)OCCOC(=O)CCC.[CH2-]CCC.[CH2-]Cc1ccc(CCC)cc1.[CH3-].[CH3-].[CH3-].[CH3-].[CH3-].[CH3-].[CH3-].[CH3-].[CH3-].[CH3-].[CH3-].[CH3-].[CH3-].[CH3-].[CH3-].[CH3-].[Y].[Y].[Y].[Y].[Y].[Y].[Y].[Y].[Y].[Y].[Y].[Y].[Y].[Y].[Y].[Y]. The first-order chi connectivity index (χ1) is 55.2. The normalized spacial score (nSPS) is 9.76. The van der Waals surface area contributed by atoms with Crippen LogP contribution in [0.2, 0.25) is 5.28 Å². The fraction of sp³-hybridized carbons (Fsp3) is 0.534. The number of unbranched alkanes of at least 4 members (excludes halogenated alkanes) is 8. The van der Waals surface area contributed by atoms with Gasteiger partial charge in [-0.3, -0.25) is 31.8 Å². The monoisotopic (exact) mass is 3330 g/mol. The Bertz CT molecular complexity index is 2940. The summed E-state index contributed by atoms with van der Waals surface area (Å²) in [6.45, 7) is 60.0. The number of nitrogens with one attached hydrogen (secondary N) is 2. The number of carbonyl (C=O) groups is 5. The van der Waals surface area contributed by atoms with Gasteiger partial charge in [0.1, 0.15) is 37.5 Å². The number of thiocarbonyl (C=S) groups is 1. The summed E-state index contributed by atoms with van der Waals surface area (Å²) in [5, 5.41) is 16.7. The molecule has 5 heterocycles. The minimum atomic E-state index is -0.431. The van der Waals surface area contributed by atoms with E-state index in [-0.39, 0.29) is 727 Å². The van der Waals surface area contributed by atoms with Crippen molar-refractivity contribution >= 4 is 77.6 Å². The smallest absolute Gasteiger partial charge is 0.308 e. The van der Waals surface area contributed by atoms with Crippen molar-refractivity contribution in [1.82, 2.24) is 44.9 Å². The van der Waals surface area contributed by atoms with Crippen molar-refractivity contribution in [3.05, 3.63) is 267 Å². The number of ketones is 1. The fourth-order valence-electron chi connectivity index (χ4n) is 6.51. The molecule has 0 saturated carbocycles. The number of benzene rings is 1. The molecule has 0 bridgehead atoms. The standard InChI is InChI=1S/C12H21O4.C11H19O4.C11H15.C9H15O4.C9H15O2.C5H11.C4H3ClN3.C4H4N3O.C4H3N3.C4H9O.2C4H9.C2H4N.C2H3O.C2H3S.16CH3.16Y/c1-4-10-13-6-12(7-14-10)8-15-11(3,5-2)16-9-12;1-5-9(4)11(13)15-7-6-14-10(12)8(2)3;1-3-5-11-8-6-10(4-2)7-9-11;1-3-5-9(11)13-7-6-12-8(10)4-2;1-9(11)7-5-3-2-4-6-8-10;1-3-5-4-2;1-3-6-2-7-4(5)8-3;1-3-5-2-6-4(8)7-3;1-4-6-2-5-3-7-4;1-3-4(2)5;2*1-3-4-2;3*1-2-3;;;;;;;;;;;;;;;;;;;;;;;;;;;;;;;;/h4-9H2,1-3H3;8-9H,2,5-7H2,1,3-4H3;6-9H,2-5H2,1H3;2-7H2,1H3;2-7H2,1H3;5H,3-4H2,1-2H3;1H3;1H3,(H,5,6,7,8);1H3;4-5H,2-3H2,1H3;3H,4H2,1-2H3;1,3-4H2,2H3;3H,1H3;2*1H3;16*1H3;;;;;;;;;;;;;;;;/q8*-1;-2;22*-1;;;;;;;;;;;;;;;;. The van der Waals surface area contributed by atoms with Crippen molar-refractivity contribution in [2.45, 2.75) is 292 Å². The van der Waals surface area contributed by atoms with Crippen LogP contribution in [0.1, 0.15) is 275 Å². The van der Waals surface area contributed by atoms with Crippen molar-refractivity contribution in [1.29, 1.82) is 5.41 Å². The second-order valence-electron chi connectivity index (χ2n) is 24.6. The number of aromatic amines is 1. The van der Waals surface area contributed by atoms with Gasteiger partial charge in [0.2, 0.25) is 5.69 Å². The Morgan fingerprint density at radius 2 is 0.926 bits per heavy atom. The van der Waals surface area contributed by atoms with Gasteiger partial charge in [-0.15, -0.1) is 23.8 Å². The summed E-state index contributed by atoms with van der Waals surface area (Å²) in [6.07, 6.45) is 38.2. The zero-order chi connectivity index (χ0) is 90.7. The van der Waals surface area contributed by atoms with Crippen molar-refractivity contribution in [3.8, 4) is 0 Å². The molecule has 2 saturated heterocycles. The van der Waals surface area contributed by atoms with Gasteiger partial charge in [-0.05, 0) is 57.3 Å². The van der Waals surface area contributed by atoms with Gasteiger partial charge in [0.05, 0.1) is 24.5 Å². The minimum Gasteiger partial charge on any atom is -0.542 e. The fourth-order valence-corrected chi connectivity index (χ4v) is 6.67. The van der Waals surface area contributed by atoms with Crippen LogP contribution in [0.5, 0.6) is 0 Å². The number of aliphatic hydroxyl groups excluding tert-OH is 1. The van der Waals surface area contributed by atoms with E-state index in [1.165, 1.54) is 62.9 Å². The number of nitrogens with zero attached hydrogens (tertiary/aromatic N) is 8. The molecule has 0 amide bonds. The Hall–Kier alpha value is 10.5. The Morgan fingerprint density at radius 1 is 0.561 bits per heavy atom. The van der Waals surface area contributed by atoms with Crippen molar-refractivity contribution < 1.29 is 600 Å².